The molecule has 0 saturated carbocycles. The van der Waals surface area contributed by atoms with Crippen molar-refractivity contribution < 1.29 is 14.8 Å². The SMILES string of the molecule is O=C(O)N1CCC(CNCc2cc(Br)ccc2[N+](=O)[O-])CC1. The van der Waals surface area contributed by atoms with Gasteiger partial charge in [-0.05, 0) is 37.4 Å². The maximum Gasteiger partial charge on any atom is 0.407 e. The fraction of sp³-hybridized carbons (Fsp3) is 0.500. The number of rotatable bonds is 5. The molecule has 1 fully saturated rings. The van der Waals surface area contributed by atoms with Gasteiger partial charge in [-0.25, -0.2) is 4.79 Å². The zero-order chi connectivity index (χ0) is 16.1. The molecule has 0 radical (unpaired) electrons. The van der Waals surface area contributed by atoms with Crippen LogP contribution in [0.5, 0.6) is 0 Å². The fourth-order valence-corrected chi connectivity index (χ4v) is 3.02. The summed E-state index contributed by atoms with van der Waals surface area (Å²) in [5, 5.41) is 23.1. The third kappa shape index (κ3) is 4.41. The van der Waals surface area contributed by atoms with Crippen molar-refractivity contribution in [1.82, 2.24) is 10.2 Å². The molecule has 0 aliphatic carbocycles. The van der Waals surface area contributed by atoms with E-state index in [1.807, 2.05) is 0 Å². The predicted octanol–water partition coefficient (Wildman–Crippen LogP) is 2.84. The van der Waals surface area contributed by atoms with Gasteiger partial charge in [0.2, 0.25) is 0 Å². The Morgan fingerprint density at radius 2 is 2.14 bits per heavy atom. The Labute approximate surface area is 136 Å². The number of likely N-dealkylation sites (tertiary alicyclic amines) is 1. The number of nitrogens with zero attached hydrogens (tertiary/aromatic N) is 2. The van der Waals surface area contributed by atoms with Gasteiger partial charge in [-0.15, -0.1) is 0 Å². The highest BCUT2D eigenvalue weighted by molar-refractivity contribution is 9.10. The van der Waals surface area contributed by atoms with E-state index in [0.29, 0.717) is 31.1 Å². The van der Waals surface area contributed by atoms with Crippen molar-refractivity contribution in [3.8, 4) is 0 Å². The second-order valence-corrected chi connectivity index (χ2v) is 6.29. The molecule has 1 saturated heterocycles. The van der Waals surface area contributed by atoms with Crippen LogP contribution in [0.3, 0.4) is 0 Å². The maximum atomic E-state index is 11.0. The average molecular weight is 372 g/mol. The Bertz CT molecular complexity index is 559. The molecule has 2 rings (SSSR count). The van der Waals surface area contributed by atoms with E-state index >= 15 is 0 Å². The number of hydrogen-bond donors (Lipinski definition) is 2. The third-order valence-corrected chi connectivity index (χ3v) is 4.37. The Hall–Kier alpha value is -1.67. The van der Waals surface area contributed by atoms with E-state index in [-0.39, 0.29) is 10.6 Å². The van der Waals surface area contributed by atoms with Crippen molar-refractivity contribution in [1.29, 1.82) is 0 Å². The highest BCUT2D eigenvalue weighted by Gasteiger charge is 2.22. The van der Waals surface area contributed by atoms with Crippen LogP contribution in [0.15, 0.2) is 22.7 Å². The summed E-state index contributed by atoms with van der Waals surface area (Å²) in [6.07, 6.45) is 0.774. The van der Waals surface area contributed by atoms with Crippen LogP contribution in [0.1, 0.15) is 18.4 Å². The molecule has 1 aliphatic heterocycles. The van der Waals surface area contributed by atoms with Gasteiger partial charge in [-0.1, -0.05) is 15.9 Å². The van der Waals surface area contributed by atoms with Gasteiger partial charge in [0.1, 0.15) is 0 Å². The Morgan fingerprint density at radius 3 is 2.73 bits per heavy atom. The number of benzene rings is 1. The summed E-state index contributed by atoms with van der Waals surface area (Å²) >= 11 is 3.32. The standard InChI is InChI=1S/C14H18BrN3O4/c15-12-1-2-13(18(21)22)11(7-12)9-16-8-10-3-5-17(6-4-10)14(19)20/h1-2,7,10,16H,3-6,8-9H2,(H,19,20). The number of carboxylic acid groups (broad SMARTS) is 1. The lowest BCUT2D eigenvalue weighted by Crippen LogP contribution is -2.39. The third-order valence-electron chi connectivity index (χ3n) is 3.87. The van der Waals surface area contributed by atoms with Crippen molar-refractivity contribution in [3.05, 3.63) is 38.3 Å². The van der Waals surface area contributed by atoms with Gasteiger partial charge in [0.15, 0.2) is 0 Å². The zero-order valence-electron chi connectivity index (χ0n) is 12.0. The van der Waals surface area contributed by atoms with Gasteiger partial charge in [-0.3, -0.25) is 10.1 Å². The molecule has 0 atom stereocenters. The smallest absolute Gasteiger partial charge is 0.407 e. The molecule has 1 amide bonds. The molecule has 2 N–H and O–H groups in total. The second kappa shape index (κ2) is 7.55. The van der Waals surface area contributed by atoms with E-state index in [4.69, 9.17) is 5.11 Å². The van der Waals surface area contributed by atoms with E-state index in [9.17, 15) is 14.9 Å². The number of amides is 1. The van der Waals surface area contributed by atoms with Gasteiger partial charge in [0.05, 0.1) is 4.92 Å². The average Bonchev–Trinajstić information content (AvgIpc) is 2.47. The monoisotopic (exact) mass is 371 g/mol. The molecule has 22 heavy (non-hydrogen) atoms. The predicted molar refractivity (Wildman–Crippen MR) is 84.8 cm³/mol. The molecular formula is C14H18BrN3O4. The molecule has 0 spiro atoms. The first-order valence-corrected chi connectivity index (χ1v) is 7.88. The summed E-state index contributed by atoms with van der Waals surface area (Å²) in [6.45, 7) is 2.27. The van der Waals surface area contributed by atoms with Crippen LogP contribution in [-0.2, 0) is 6.54 Å². The molecule has 1 aromatic rings. The molecule has 1 heterocycles. The largest absolute Gasteiger partial charge is 0.465 e. The van der Waals surface area contributed by atoms with Crippen molar-refractivity contribution >= 4 is 27.7 Å². The lowest BCUT2D eigenvalue weighted by Gasteiger charge is -2.30. The lowest BCUT2D eigenvalue weighted by molar-refractivity contribution is -0.385. The second-order valence-electron chi connectivity index (χ2n) is 5.37. The van der Waals surface area contributed by atoms with E-state index in [1.54, 1.807) is 12.1 Å². The van der Waals surface area contributed by atoms with Crippen molar-refractivity contribution in [2.75, 3.05) is 19.6 Å². The first-order valence-electron chi connectivity index (χ1n) is 7.08. The van der Waals surface area contributed by atoms with E-state index < -0.39 is 6.09 Å². The number of nitrogens with one attached hydrogen (secondary N) is 1. The molecule has 0 aromatic heterocycles. The molecule has 0 unspecified atom stereocenters. The normalized spacial score (nSPS) is 15.8. The quantitative estimate of drug-likeness (QED) is 0.612. The van der Waals surface area contributed by atoms with Crippen LogP contribution in [-0.4, -0.2) is 40.7 Å². The topological polar surface area (TPSA) is 95.7 Å². The van der Waals surface area contributed by atoms with Crippen LogP contribution >= 0.6 is 15.9 Å². The minimum Gasteiger partial charge on any atom is -0.465 e. The van der Waals surface area contributed by atoms with Gasteiger partial charge in [0.25, 0.3) is 5.69 Å². The van der Waals surface area contributed by atoms with Crippen molar-refractivity contribution in [2.45, 2.75) is 19.4 Å². The molecular weight excluding hydrogens is 354 g/mol. The first-order chi connectivity index (χ1) is 10.5. The number of hydrogen-bond acceptors (Lipinski definition) is 4. The summed E-state index contributed by atoms with van der Waals surface area (Å²) < 4.78 is 0.810. The minimum absolute atomic E-state index is 0.108. The summed E-state index contributed by atoms with van der Waals surface area (Å²) in [7, 11) is 0. The Morgan fingerprint density at radius 1 is 1.45 bits per heavy atom. The molecule has 1 aliphatic rings. The summed E-state index contributed by atoms with van der Waals surface area (Å²) in [5.74, 6) is 0.404. The number of carbonyl (C=O) groups is 1. The van der Waals surface area contributed by atoms with Gasteiger partial charge < -0.3 is 15.3 Å². The van der Waals surface area contributed by atoms with E-state index in [2.05, 4.69) is 21.2 Å². The molecule has 0 bridgehead atoms. The van der Waals surface area contributed by atoms with E-state index in [0.717, 1.165) is 23.9 Å². The molecule has 120 valence electrons. The highest BCUT2D eigenvalue weighted by atomic mass is 79.9. The number of nitro benzene ring substituents is 1. The molecule has 8 heteroatoms. The highest BCUT2D eigenvalue weighted by Crippen LogP contribution is 2.23. The number of piperidine rings is 1. The van der Waals surface area contributed by atoms with Crippen LogP contribution in [0.4, 0.5) is 10.5 Å². The van der Waals surface area contributed by atoms with Gasteiger partial charge in [-0.2, -0.15) is 0 Å². The Kier molecular flexibility index (Phi) is 5.73. The summed E-state index contributed by atoms with van der Waals surface area (Å²) in [4.78, 5) is 22.9. The Balaban J connectivity index is 1.83. The molecule has 1 aromatic carbocycles. The van der Waals surface area contributed by atoms with Gasteiger partial charge >= 0.3 is 6.09 Å². The number of nitro groups is 1. The van der Waals surface area contributed by atoms with E-state index in [1.165, 1.54) is 11.0 Å². The zero-order valence-corrected chi connectivity index (χ0v) is 13.6. The lowest BCUT2D eigenvalue weighted by atomic mass is 9.97. The van der Waals surface area contributed by atoms with Crippen LogP contribution in [0, 0.1) is 16.0 Å². The summed E-state index contributed by atoms with van der Waals surface area (Å²) in [5.41, 5.74) is 0.749. The minimum atomic E-state index is -0.865. The molecule has 7 nitrogen and oxygen atoms in total. The van der Waals surface area contributed by atoms with Gasteiger partial charge in [0, 0.05) is 35.7 Å². The van der Waals surface area contributed by atoms with Crippen LogP contribution in [0.25, 0.3) is 0 Å². The van der Waals surface area contributed by atoms with Crippen molar-refractivity contribution in [3.63, 3.8) is 0 Å². The first kappa shape index (κ1) is 16.7. The summed E-state index contributed by atoms with van der Waals surface area (Å²) in [6, 6.07) is 4.90. The van der Waals surface area contributed by atoms with Crippen LogP contribution in [0.2, 0.25) is 0 Å². The fourth-order valence-electron chi connectivity index (χ4n) is 2.61. The number of halogens is 1. The van der Waals surface area contributed by atoms with Crippen molar-refractivity contribution in [2.24, 2.45) is 5.92 Å². The van der Waals surface area contributed by atoms with Crippen LogP contribution < -0.4 is 5.32 Å². The maximum absolute atomic E-state index is 11.0.